The van der Waals surface area contributed by atoms with Gasteiger partial charge in [0.2, 0.25) is 0 Å². The molecule has 7 atom stereocenters. The van der Waals surface area contributed by atoms with Gasteiger partial charge < -0.3 is 15.3 Å². The van der Waals surface area contributed by atoms with E-state index in [1.807, 2.05) is 28.8 Å². The number of pyridine rings is 1. The number of nitrogens with two attached hydrogens (primary N) is 1. The molecular formula is C32H39N5O3. The molecule has 1 aromatic carbocycles. The maximum absolute atomic E-state index is 14.2. The van der Waals surface area contributed by atoms with Crippen molar-refractivity contribution in [3.63, 3.8) is 0 Å². The van der Waals surface area contributed by atoms with Crippen molar-refractivity contribution in [1.82, 2.24) is 19.4 Å². The number of aromatic nitrogens is 3. The van der Waals surface area contributed by atoms with Crippen LogP contribution in [0.1, 0.15) is 87.5 Å². The first kappa shape index (κ1) is 25.7. The Bertz CT molecular complexity index is 1540. The van der Waals surface area contributed by atoms with E-state index in [4.69, 9.17) is 10.7 Å². The molecule has 4 fully saturated rings. The quantitative estimate of drug-likeness (QED) is 0.500. The molecule has 7 rings (SSSR count). The molecule has 2 saturated heterocycles. The number of carbonyl (C=O) groups excluding carboxylic acids is 1. The highest BCUT2D eigenvalue weighted by molar-refractivity contribution is 5.93. The topological polar surface area (TPSA) is 114 Å². The fourth-order valence-electron chi connectivity index (χ4n) is 9.10. The number of para-hydroxylation sites is 2. The number of nitrogens with zero attached hydrogens (tertiary/aromatic N) is 3. The average Bonchev–Trinajstić information content (AvgIpc) is 2.91. The molecule has 210 valence electrons. The Morgan fingerprint density at radius 1 is 0.925 bits per heavy atom. The molecule has 1 amide bonds. The van der Waals surface area contributed by atoms with Gasteiger partial charge in [0.1, 0.15) is 11.3 Å². The normalized spacial score (nSPS) is 32.2. The van der Waals surface area contributed by atoms with Crippen LogP contribution in [0, 0.1) is 17.8 Å². The van der Waals surface area contributed by atoms with Crippen LogP contribution in [0.5, 0.6) is 0 Å². The minimum atomic E-state index is -0.828. The Labute approximate surface area is 234 Å². The third-order valence-corrected chi connectivity index (χ3v) is 10.4. The summed E-state index contributed by atoms with van der Waals surface area (Å²) < 4.78 is 1.96. The highest BCUT2D eigenvalue weighted by Gasteiger charge is 2.46. The van der Waals surface area contributed by atoms with Crippen LogP contribution in [0.3, 0.4) is 0 Å². The standard InChI is InChI=1S/C32H39N5O3/c1-18-9-19-11-20(10-18)13-24(12-19)36-22-5-4-6-23(36)16-25(15-22)37-28-8-3-2-7-27(28)35-29(32(37)40)21-14-26(30(33)38)31(39)34-17-21/h2-3,7-8,14,17-20,22-25H,4-6,9-13,15-16H2,1H3,(H2,33,38)(H,34,39)/t18-,19-,20+,22-,23+,24+,25+. The third kappa shape index (κ3) is 4.41. The number of carbonyl (C=O) groups is 1. The van der Waals surface area contributed by atoms with E-state index in [0.29, 0.717) is 23.7 Å². The van der Waals surface area contributed by atoms with Crippen LogP contribution in [-0.2, 0) is 0 Å². The minimum absolute atomic E-state index is 0.0761. The number of rotatable bonds is 4. The van der Waals surface area contributed by atoms with Gasteiger partial charge in [-0.2, -0.15) is 0 Å². The monoisotopic (exact) mass is 541 g/mol. The van der Waals surface area contributed by atoms with Crippen molar-refractivity contribution in [3.05, 3.63) is 62.8 Å². The number of primary amides is 1. The smallest absolute Gasteiger partial charge is 0.277 e. The molecule has 4 aliphatic rings. The van der Waals surface area contributed by atoms with E-state index in [1.165, 1.54) is 63.6 Å². The summed E-state index contributed by atoms with van der Waals surface area (Å²) in [6, 6.07) is 10.9. The number of nitrogens with one attached hydrogen (secondary N) is 1. The lowest BCUT2D eigenvalue weighted by Crippen LogP contribution is -2.58. The van der Waals surface area contributed by atoms with Gasteiger partial charge in [0.15, 0.2) is 0 Å². The van der Waals surface area contributed by atoms with Gasteiger partial charge in [0, 0.05) is 35.9 Å². The van der Waals surface area contributed by atoms with E-state index in [-0.39, 0.29) is 22.9 Å². The van der Waals surface area contributed by atoms with Crippen LogP contribution in [-0.4, -0.2) is 43.5 Å². The number of aromatic amines is 1. The predicted octanol–water partition coefficient (Wildman–Crippen LogP) is 4.62. The highest BCUT2D eigenvalue weighted by Crippen LogP contribution is 2.48. The number of amides is 1. The first-order chi connectivity index (χ1) is 19.4. The van der Waals surface area contributed by atoms with Crippen LogP contribution in [0.15, 0.2) is 46.1 Å². The van der Waals surface area contributed by atoms with Gasteiger partial charge in [-0.15, -0.1) is 0 Å². The van der Waals surface area contributed by atoms with Crippen LogP contribution in [0.2, 0.25) is 0 Å². The van der Waals surface area contributed by atoms with Crippen LogP contribution in [0.4, 0.5) is 0 Å². The second kappa shape index (κ2) is 9.98. The molecular weight excluding hydrogens is 502 g/mol. The first-order valence-electron chi connectivity index (χ1n) is 15.2. The SMILES string of the molecule is C[C@@H]1C[C@@H]2C[C@H](C1)C[C@@H](N1[C@@H]3CCC[C@H]1C[C@@H](n1c(=O)c(-c4c[nH]c(=O)c(C(N)=O)c4)nc4ccccc41)C3)C2. The lowest BCUT2D eigenvalue weighted by molar-refractivity contribution is -0.0524. The minimum Gasteiger partial charge on any atom is -0.365 e. The molecule has 0 unspecified atom stereocenters. The van der Waals surface area contributed by atoms with Crippen LogP contribution in [0.25, 0.3) is 22.3 Å². The summed E-state index contributed by atoms with van der Waals surface area (Å²) in [4.78, 5) is 48.4. The van der Waals surface area contributed by atoms with Gasteiger partial charge in [-0.1, -0.05) is 25.5 Å². The Hall–Kier alpha value is -3.26. The van der Waals surface area contributed by atoms with Crippen LogP contribution >= 0.6 is 0 Å². The van der Waals surface area contributed by atoms with Crippen molar-refractivity contribution in [2.45, 2.75) is 95.3 Å². The van der Waals surface area contributed by atoms with Gasteiger partial charge in [-0.3, -0.25) is 19.3 Å². The average molecular weight is 542 g/mol. The van der Waals surface area contributed by atoms with E-state index in [0.717, 1.165) is 41.6 Å². The molecule has 8 nitrogen and oxygen atoms in total. The molecule has 0 radical (unpaired) electrons. The highest BCUT2D eigenvalue weighted by atomic mass is 16.2. The Morgan fingerprint density at radius 2 is 1.62 bits per heavy atom. The molecule has 2 aromatic heterocycles. The van der Waals surface area contributed by atoms with Crippen molar-refractivity contribution >= 4 is 16.9 Å². The molecule has 0 spiro atoms. The van der Waals surface area contributed by atoms with Crippen molar-refractivity contribution in [2.75, 3.05) is 0 Å². The summed E-state index contributed by atoms with van der Waals surface area (Å²) in [5, 5.41) is 0. The fraction of sp³-hybridized carbons (Fsp3) is 0.562. The Balaban J connectivity index is 1.26. The molecule has 4 heterocycles. The zero-order chi connectivity index (χ0) is 27.5. The van der Waals surface area contributed by atoms with Crippen molar-refractivity contribution < 1.29 is 4.79 Å². The van der Waals surface area contributed by atoms with Crippen LogP contribution < -0.4 is 16.9 Å². The largest absolute Gasteiger partial charge is 0.365 e. The maximum Gasteiger partial charge on any atom is 0.277 e. The zero-order valence-electron chi connectivity index (χ0n) is 23.2. The summed E-state index contributed by atoms with van der Waals surface area (Å²) in [5.41, 5.74) is 6.71. The molecule has 2 aliphatic carbocycles. The summed E-state index contributed by atoms with van der Waals surface area (Å²) in [7, 11) is 0. The molecule has 2 aliphatic heterocycles. The van der Waals surface area contributed by atoms with Gasteiger partial charge in [0.05, 0.1) is 11.0 Å². The second-order valence-electron chi connectivity index (χ2n) is 13.1. The van der Waals surface area contributed by atoms with Crippen molar-refractivity contribution in [1.29, 1.82) is 0 Å². The number of fused-ring (bicyclic) bond motifs is 5. The van der Waals surface area contributed by atoms with Gasteiger partial charge in [-0.05, 0) is 93.7 Å². The summed E-state index contributed by atoms with van der Waals surface area (Å²) >= 11 is 0. The molecule has 4 bridgehead atoms. The van der Waals surface area contributed by atoms with E-state index in [2.05, 4.69) is 16.8 Å². The molecule has 3 aromatic rings. The van der Waals surface area contributed by atoms with Gasteiger partial charge >= 0.3 is 0 Å². The van der Waals surface area contributed by atoms with Gasteiger partial charge in [0.25, 0.3) is 17.0 Å². The predicted molar refractivity (Wildman–Crippen MR) is 155 cm³/mol. The van der Waals surface area contributed by atoms with E-state index in [1.54, 1.807) is 0 Å². The summed E-state index contributed by atoms with van der Waals surface area (Å²) in [6.45, 7) is 2.44. The van der Waals surface area contributed by atoms with E-state index < -0.39 is 11.5 Å². The lowest BCUT2D eigenvalue weighted by atomic mass is 9.65. The molecule has 40 heavy (non-hydrogen) atoms. The lowest BCUT2D eigenvalue weighted by Gasteiger charge is -2.55. The Morgan fingerprint density at radius 3 is 2.33 bits per heavy atom. The number of hydrogen-bond acceptors (Lipinski definition) is 5. The number of benzene rings is 1. The maximum atomic E-state index is 14.2. The number of hydrogen-bond donors (Lipinski definition) is 2. The van der Waals surface area contributed by atoms with Gasteiger partial charge in [-0.25, -0.2) is 4.98 Å². The third-order valence-electron chi connectivity index (χ3n) is 10.4. The summed E-state index contributed by atoms with van der Waals surface area (Å²) in [5.74, 6) is 1.80. The van der Waals surface area contributed by atoms with Crippen molar-refractivity contribution in [2.24, 2.45) is 23.5 Å². The van der Waals surface area contributed by atoms with E-state index in [9.17, 15) is 14.4 Å². The number of piperidine rings is 2. The second-order valence-corrected chi connectivity index (χ2v) is 13.1. The molecule has 2 saturated carbocycles. The van der Waals surface area contributed by atoms with Crippen molar-refractivity contribution in [3.8, 4) is 11.3 Å². The fourth-order valence-corrected chi connectivity index (χ4v) is 9.10. The Kier molecular flexibility index (Phi) is 6.41. The number of H-pyrrole nitrogens is 1. The zero-order valence-corrected chi connectivity index (χ0v) is 23.2. The molecule has 3 N–H and O–H groups in total. The first-order valence-corrected chi connectivity index (χ1v) is 15.2. The molecule has 8 heteroatoms. The van der Waals surface area contributed by atoms with E-state index >= 15 is 0 Å². The summed E-state index contributed by atoms with van der Waals surface area (Å²) in [6.07, 6.45) is 13.9.